The highest BCUT2D eigenvalue weighted by molar-refractivity contribution is 7.09. The van der Waals surface area contributed by atoms with Crippen molar-refractivity contribution in [3.63, 3.8) is 0 Å². The van der Waals surface area contributed by atoms with Crippen molar-refractivity contribution in [2.24, 2.45) is 0 Å². The first-order chi connectivity index (χ1) is 10.0. The zero-order valence-corrected chi connectivity index (χ0v) is 13.3. The number of benzene rings is 1. The third-order valence-corrected chi connectivity index (χ3v) is 4.14. The van der Waals surface area contributed by atoms with E-state index in [-0.39, 0.29) is 11.7 Å². The molecule has 0 atom stereocenters. The topological polar surface area (TPSA) is 15.3 Å². The highest BCUT2D eigenvalue weighted by Gasteiger charge is 2.21. The lowest BCUT2D eigenvalue weighted by molar-refractivity contribution is 0.551. The molecule has 0 fully saturated rings. The summed E-state index contributed by atoms with van der Waals surface area (Å²) in [5, 5.41) is 4.87. The number of rotatable bonds is 6. The fourth-order valence-corrected chi connectivity index (χ4v) is 2.99. The lowest BCUT2D eigenvalue weighted by atomic mass is 10.1. The fraction of sp³-hybridized carbons (Fsp3) is 0.375. The Hall–Kier alpha value is -1.46. The van der Waals surface area contributed by atoms with Crippen LogP contribution in [-0.4, -0.2) is 13.1 Å². The van der Waals surface area contributed by atoms with Crippen LogP contribution >= 0.6 is 11.3 Å². The monoisotopic (exact) mass is 310 g/mol. The van der Waals surface area contributed by atoms with Crippen molar-refractivity contribution < 1.29 is 8.78 Å². The van der Waals surface area contributed by atoms with Gasteiger partial charge in [0.25, 0.3) is 0 Å². The third-order valence-electron chi connectivity index (χ3n) is 3.27. The maximum absolute atomic E-state index is 14.4. The second kappa shape index (κ2) is 7.00. The van der Waals surface area contributed by atoms with Crippen LogP contribution in [0.4, 0.5) is 14.5 Å². The van der Waals surface area contributed by atoms with Crippen LogP contribution in [0.15, 0.2) is 29.6 Å². The first-order valence-electron chi connectivity index (χ1n) is 6.94. The SMILES string of the molecule is CNCc1cc(F)c(N(Cc2cccs2)C(C)C)c(F)c1. The van der Waals surface area contributed by atoms with Gasteiger partial charge in [0.2, 0.25) is 0 Å². The Balaban J connectivity index is 2.36. The summed E-state index contributed by atoms with van der Waals surface area (Å²) in [5.41, 5.74) is 0.661. The van der Waals surface area contributed by atoms with Crippen molar-refractivity contribution in [2.75, 3.05) is 11.9 Å². The van der Waals surface area contributed by atoms with Gasteiger partial charge < -0.3 is 10.2 Å². The molecule has 0 amide bonds. The van der Waals surface area contributed by atoms with E-state index in [1.807, 2.05) is 31.4 Å². The molecule has 0 unspecified atom stereocenters. The van der Waals surface area contributed by atoms with Gasteiger partial charge in [-0.25, -0.2) is 8.78 Å². The Morgan fingerprint density at radius 3 is 2.38 bits per heavy atom. The third kappa shape index (κ3) is 3.80. The molecule has 0 radical (unpaired) electrons. The van der Waals surface area contributed by atoms with Gasteiger partial charge in [-0.1, -0.05) is 6.07 Å². The Labute approximate surface area is 128 Å². The van der Waals surface area contributed by atoms with Crippen LogP contribution < -0.4 is 10.2 Å². The molecule has 1 aromatic heterocycles. The van der Waals surface area contributed by atoms with Gasteiger partial charge in [0.05, 0.1) is 6.54 Å². The van der Waals surface area contributed by atoms with Crippen LogP contribution in [0.2, 0.25) is 0 Å². The van der Waals surface area contributed by atoms with E-state index in [1.54, 1.807) is 23.3 Å². The quantitative estimate of drug-likeness (QED) is 0.862. The smallest absolute Gasteiger partial charge is 0.149 e. The van der Waals surface area contributed by atoms with Crippen LogP contribution in [0.3, 0.4) is 0 Å². The molecular formula is C16H20F2N2S. The number of hydrogen-bond donors (Lipinski definition) is 1. The zero-order valence-electron chi connectivity index (χ0n) is 12.5. The lowest BCUT2D eigenvalue weighted by Crippen LogP contribution is -2.31. The predicted molar refractivity (Wildman–Crippen MR) is 84.8 cm³/mol. The molecule has 2 rings (SSSR count). The lowest BCUT2D eigenvalue weighted by Gasteiger charge is -2.29. The first-order valence-corrected chi connectivity index (χ1v) is 7.82. The van der Waals surface area contributed by atoms with Crippen molar-refractivity contribution >= 4 is 17.0 Å². The van der Waals surface area contributed by atoms with Gasteiger partial charge in [0.1, 0.15) is 17.3 Å². The minimum atomic E-state index is -0.509. The summed E-state index contributed by atoms with van der Waals surface area (Å²) >= 11 is 1.59. The molecule has 0 aliphatic heterocycles. The molecule has 114 valence electrons. The summed E-state index contributed by atoms with van der Waals surface area (Å²) < 4.78 is 28.7. The molecule has 5 heteroatoms. The summed E-state index contributed by atoms with van der Waals surface area (Å²) in [4.78, 5) is 2.85. The highest BCUT2D eigenvalue weighted by atomic mass is 32.1. The van der Waals surface area contributed by atoms with Crippen molar-refractivity contribution in [1.82, 2.24) is 5.32 Å². The standard InChI is InChI=1S/C16H20F2N2S/c1-11(2)20(10-13-5-4-6-21-13)16-14(17)7-12(9-19-3)8-15(16)18/h4-8,11,19H,9-10H2,1-3H3. The molecule has 0 bridgehead atoms. The molecule has 2 aromatic rings. The normalized spacial score (nSPS) is 11.1. The van der Waals surface area contributed by atoms with Gasteiger partial charge >= 0.3 is 0 Å². The number of halogens is 2. The molecule has 1 heterocycles. The Kier molecular flexibility index (Phi) is 5.31. The van der Waals surface area contributed by atoms with Crippen molar-refractivity contribution in [2.45, 2.75) is 33.0 Å². The van der Waals surface area contributed by atoms with Gasteiger partial charge in [0, 0.05) is 17.5 Å². The van der Waals surface area contributed by atoms with E-state index in [2.05, 4.69) is 5.32 Å². The Morgan fingerprint density at radius 1 is 1.24 bits per heavy atom. The highest BCUT2D eigenvalue weighted by Crippen LogP contribution is 2.29. The van der Waals surface area contributed by atoms with Crippen molar-refractivity contribution in [1.29, 1.82) is 0 Å². The van der Waals surface area contributed by atoms with Crippen LogP contribution in [-0.2, 0) is 13.1 Å². The van der Waals surface area contributed by atoms with Crippen LogP contribution in [0.5, 0.6) is 0 Å². The average molecular weight is 310 g/mol. The van der Waals surface area contributed by atoms with E-state index in [9.17, 15) is 8.78 Å². The van der Waals surface area contributed by atoms with E-state index in [0.717, 1.165) is 4.88 Å². The van der Waals surface area contributed by atoms with Crippen LogP contribution in [0.1, 0.15) is 24.3 Å². The maximum atomic E-state index is 14.4. The molecule has 0 saturated heterocycles. The molecule has 1 N–H and O–H groups in total. The van der Waals surface area contributed by atoms with Gasteiger partial charge in [-0.05, 0) is 50.0 Å². The van der Waals surface area contributed by atoms with Gasteiger partial charge in [0.15, 0.2) is 0 Å². The van der Waals surface area contributed by atoms with E-state index in [0.29, 0.717) is 18.7 Å². The minimum Gasteiger partial charge on any atom is -0.359 e. The second-order valence-corrected chi connectivity index (χ2v) is 6.27. The average Bonchev–Trinajstić information content (AvgIpc) is 2.90. The van der Waals surface area contributed by atoms with Crippen LogP contribution in [0, 0.1) is 11.6 Å². The maximum Gasteiger partial charge on any atom is 0.149 e. The molecule has 0 aliphatic rings. The van der Waals surface area contributed by atoms with E-state index >= 15 is 0 Å². The van der Waals surface area contributed by atoms with Crippen molar-refractivity contribution in [3.05, 3.63) is 51.7 Å². The number of nitrogens with zero attached hydrogens (tertiary/aromatic N) is 1. The minimum absolute atomic E-state index is 0.00579. The van der Waals surface area contributed by atoms with E-state index in [1.165, 1.54) is 12.1 Å². The van der Waals surface area contributed by atoms with Crippen LogP contribution in [0.25, 0.3) is 0 Å². The van der Waals surface area contributed by atoms with Gasteiger partial charge in [-0.2, -0.15) is 0 Å². The fourth-order valence-electron chi connectivity index (χ4n) is 2.29. The summed E-state index contributed by atoms with van der Waals surface area (Å²) in [5.74, 6) is -1.02. The number of thiophene rings is 1. The summed E-state index contributed by atoms with van der Waals surface area (Å²) in [6, 6.07) is 6.73. The van der Waals surface area contributed by atoms with E-state index < -0.39 is 11.6 Å². The van der Waals surface area contributed by atoms with Gasteiger partial charge in [-0.3, -0.25) is 0 Å². The molecular weight excluding hydrogens is 290 g/mol. The van der Waals surface area contributed by atoms with E-state index in [4.69, 9.17) is 0 Å². The first kappa shape index (κ1) is 15.9. The molecule has 0 saturated carbocycles. The summed E-state index contributed by atoms with van der Waals surface area (Å²) in [6.45, 7) is 4.83. The van der Waals surface area contributed by atoms with Gasteiger partial charge in [-0.15, -0.1) is 11.3 Å². The second-order valence-electron chi connectivity index (χ2n) is 5.24. The zero-order chi connectivity index (χ0) is 15.4. The molecule has 0 spiro atoms. The Morgan fingerprint density at radius 2 is 1.90 bits per heavy atom. The molecule has 0 aliphatic carbocycles. The summed E-state index contributed by atoms with van der Waals surface area (Å²) in [7, 11) is 1.75. The molecule has 1 aromatic carbocycles. The van der Waals surface area contributed by atoms with Crippen molar-refractivity contribution in [3.8, 4) is 0 Å². The molecule has 2 nitrogen and oxygen atoms in total. The number of anilines is 1. The Bertz CT molecular complexity index is 559. The number of hydrogen-bond acceptors (Lipinski definition) is 3. The molecule has 21 heavy (non-hydrogen) atoms. The summed E-state index contributed by atoms with van der Waals surface area (Å²) in [6.07, 6.45) is 0. The number of nitrogens with one attached hydrogen (secondary N) is 1. The predicted octanol–water partition coefficient (Wildman–Crippen LogP) is 4.16. The largest absolute Gasteiger partial charge is 0.359 e.